The lowest BCUT2D eigenvalue weighted by Gasteiger charge is -2.20. The van der Waals surface area contributed by atoms with E-state index in [0.29, 0.717) is 31.6 Å². The van der Waals surface area contributed by atoms with Gasteiger partial charge >= 0.3 is 0 Å². The van der Waals surface area contributed by atoms with E-state index in [1.807, 2.05) is 0 Å². The maximum Gasteiger partial charge on any atom is 0.139 e. The highest BCUT2D eigenvalue weighted by Gasteiger charge is 2.40. The summed E-state index contributed by atoms with van der Waals surface area (Å²) in [7, 11) is 0. The third kappa shape index (κ3) is 7.29. The van der Waals surface area contributed by atoms with Crippen LogP contribution in [0.4, 0.5) is 0 Å². The highest BCUT2D eigenvalue weighted by molar-refractivity contribution is 5.84. The largest absolute Gasteiger partial charge is 0.392 e. The van der Waals surface area contributed by atoms with Gasteiger partial charge in [-0.2, -0.15) is 0 Å². The van der Waals surface area contributed by atoms with Crippen molar-refractivity contribution in [2.24, 2.45) is 17.8 Å². The zero-order chi connectivity index (χ0) is 17.9. The highest BCUT2D eigenvalue weighted by Crippen LogP contribution is 2.35. The van der Waals surface area contributed by atoms with Crippen LogP contribution in [0.15, 0.2) is 12.2 Å². The van der Waals surface area contributed by atoms with Crippen LogP contribution in [-0.4, -0.2) is 22.8 Å². The molecular weight excluding hydrogens is 300 g/mol. The summed E-state index contributed by atoms with van der Waals surface area (Å²) in [6, 6.07) is 0. The van der Waals surface area contributed by atoms with E-state index in [-0.39, 0.29) is 29.8 Å². The number of aliphatic hydroxyl groups excluding tert-OH is 1. The molecule has 0 bridgehead atoms. The molecule has 0 aromatic carbocycles. The highest BCUT2D eigenvalue weighted by atomic mass is 16.3. The molecule has 0 amide bonds. The third-order valence-electron chi connectivity index (χ3n) is 5.23. The van der Waals surface area contributed by atoms with Gasteiger partial charge in [0.05, 0.1) is 6.10 Å². The van der Waals surface area contributed by atoms with Crippen molar-refractivity contribution in [3.8, 4) is 0 Å². The van der Waals surface area contributed by atoms with Crippen LogP contribution in [0, 0.1) is 17.8 Å². The van der Waals surface area contributed by atoms with Crippen LogP contribution >= 0.6 is 0 Å². The number of carbonyl (C=O) groups is 2. The Balaban J connectivity index is 2.46. The van der Waals surface area contributed by atoms with Crippen LogP contribution in [0.1, 0.15) is 85.0 Å². The molecule has 138 valence electrons. The minimum Gasteiger partial charge on any atom is -0.392 e. The molecule has 4 atom stereocenters. The van der Waals surface area contributed by atoms with Crippen molar-refractivity contribution in [1.82, 2.24) is 0 Å². The Hall–Kier alpha value is -0.960. The Morgan fingerprint density at radius 3 is 2.71 bits per heavy atom. The number of unbranched alkanes of at least 4 members (excludes halogenated alkanes) is 2. The van der Waals surface area contributed by atoms with E-state index < -0.39 is 6.10 Å². The Labute approximate surface area is 147 Å². The van der Waals surface area contributed by atoms with Gasteiger partial charge in [0.2, 0.25) is 0 Å². The van der Waals surface area contributed by atoms with E-state index >= 15 is 0 Å². The predicted molar refractivity (Wildman–Crippen MR) is 98.8 cm³/mol. The quantitative estimate of drug-likeness (QED) is 0.409. The van der Waals surface area contributed by atoms with E-state index in [0.717, 1.165) is 19.3 Å². The molecular formula is C21H36O3. The van der Waals surface area contributed by atoms with Gasteiger partial charge in [0.1, 0.15) is 11.6 Å². The molecule has 1 aliphatic carbocycles. The molecule has 4 unspecified atom stereocenters. The van der Waals surface area contributed by atoms with Crippen LogP contribution < -0.4 is 0 Å². The molecule has 0 heterocycles. The summed E-state index contributed by atoms with van der Waals surface area (Å²) in [6.07, 6.45) is 12.0. The molecule has 0 aliphatic heterocycles. The summed E-state index contributed by atoms with van der Waals surface area (Å²) in [5.41, 5.74) is 0. The lowest BCUT2D eigenvalue weighted by Crippen LogP contribution is -2.21. The van der Waals surface area contributed by atoms with Crippen molar-refractivity contribution in [2.45, 2.75) is 91.1 Å². The van der Waals surface area contributed by atoms with Gasteiger partial charge in [-0.1, -0.05) is 58.6 Å². The van der Waals surface area contributed by atoms with Crippen LogP contribution in [-0.2, 0) is 9.59 Å². The van der Waals surface area contributed by atoms with Gasteiger partial charge in [-0.05, 0) is 31.1 Å². The van der Waals surface area contributed by atoms with Crippen molar-refractivity contribution in [3.05, 3.63) is 12.2 Å². The Kier molecular flexibility index (Phi) is 10.2. The van der Waals surface area contributed by atoms with E-state index in [1.54, 1.807) is 0 Å². The first-order valence-electron chi connectivity index (χ1n) is 9.87. The third-order valence-corrected chi connectivity index (χ3v) is 5.23. The summed E-state index contributed by atoms with van der Waals surface area (Å²) in [4.78, 5) is 24.3. The first kappa shape index (κ1) is 21.1. The van der Waals surface area contributed by atoms with E-state index in [2.05, 4.69) is 32.9 Å². The molecule has 24 heavy (non-hydrogen) atoms. The Morgan fingerprint density at radius 2 is 2.04 bits per heavy atom. The van der Waals surface area contributed by atoms with E-state index in [1.165, 1.54) is 12.8 Å². The number of rotatable bonds is 12. The number of aliphatic hydroxyl groups is 1. The average Bonchev–Trinajstić information content (AvgIpc) is 2.79. The van der Waals surface area contributed by atoms with Gasteiger partial charge in [0.15, 0.2) is 0 Å². The standard InChI is InChI=1S/C21H36O3/c1-4-6-7-8-9-11-18-19(21(24)15-20(18)23)13-12-17(22)14-16(3)10-5-2/h8-9,16,18-19,21,24H,4-7,10-15H2,1-3H3/b9-8+. The summed E-state index contributed by atoms with van der Waals surface area (Å²) >= 11 is 0. The molecule has 1 fully saturated rings. The molecule has 3 heteroatoms. The number of ketones is 2. The van der Waals surface area contributed by atoms with E-state index in [4.69, 9.17) is 0 Å². The second kappa shape index (κ2) is 11.6. The van der Waals surface area contributed by atoms with Crippen LogP contribution in [0.25, 0.3) is 0 Å². The minimum absolute atomic E-state index is 0.0428. The number of allylic oxidation sites excluding steroid dienone is 2. The smallest absolute Gasteiger partial charge is 0.139 e. The molecule has 0 aromatic heterocycles. The SMILES string of the molecule is CCCC/C=C/CC1C(=O)CC(O)C1CCC(=O)CC(C)CCC. The summed E-state index contributed by atoms with van der Waals surface area (Å²) in [6.45, 7) is 6.43. The fourth-order valence-electron chi connectivity index (χ4n) is 3.81. The molecule has 1 saturated carbocycles. The van der Waals surface area contributed by atoms with Gasteiger partial charge in [-0.15, -0.1) is 0 Å². The zero-order valence-electron chi connectivity index (χ0n) is 15.8. The van der Waals surface area contributed by atoms with Gasteiger partial charge in [0.25, 0.3) is 0 Å². The monoisotopic (exact) mass is 336 g/mol. The van der Waals surface area contributed by atoms with Crippen LogP contribution in [0.2, 0.25) is 0 Å². The molecule has 0 aromatic rings. The summed E-state index contributed by atoms with van der Waals surface area (Å²) in [5, 5.41) is 10.2. The number of hydrogen-bond donors (Lipinski definition) is 1. The predicted octanol–water partition coefficient (Wildman–Crippen LogP) is 4.86. The Morgan fingerprint density at radius 1 is 1.29 bits per heavy atom. The van der Waals surface area contributed by atoms with Crippen LogP contribution in [0.5, 0.6) is 0 Å². The number of Topliss-reactive ketones (excluding diaryl/α,β-unsaturated/α-hetero) is 2. The molecule has 0 radical (unpaired) electrons. The maximum atomic E-state index is 12.1. The summed E-state index contributed by atoms with van der Waals surface area (Å²) < 4.78 is 0. The van der Waals surface area contributed by atoms with Crippen molar-refractivity contribution in [1.29, 1.82) is 0 Å². The lowest BCUT2D eigenvalue weighted by molar-refractivity contribution is -0.122. The maximum absolute atomic E-state index is 12.1. The fourth-order valence-corrected chi connectivity index (χ4v) is 3.81. The topological polar surface area (TPSA) is 54.4 Å². The second-order valence-corrected chi connectivity index (χ2v) is 7.53. The fraction of sp³-hybridized carbons (Fsp3) is 0.810. The van der Waals surface area contributed by atoms with Crippen molar-refractivity contribution >= 4 is 11.6 Å². The zero-order valence-corrected chi connectivity index (χ0v) is 15.8. The average molecular weight is 337 g/mol. The molecule has 0 saturated heterocycles. The first-order chi connectivity index (χ1) is 11.5. The molecule has 3 nitrogen and oxygen atoms in total. The number of hydrogen-bond acceptors (Lipinski definition) is 3. The van der Waals surface area contributed by atoms with Crippen molar-refractivity contribution in [3.63, 3.8) is 0 Å². The van der Waals surface area contributed by atoms with Crippen molar-refractivity contribution < 1.29 is 14.7 Å². The van der Waals surface area contributed by atoms with Gasteiger partial charge in [0, 0.05) is 25.2 Å². The molecule has 1 aliphatic rings. The minimum atomic E-state index is -0.563. The van der Waals surface area contributed by atoms with Gasteiger partial charge in [-0.25, -0.2) is 0 Å². The second-order valence-electron chi connectivity index (χ2n) is 7.53. The van der Waals surface area contributed by atoms with E-state index in [9.17, 15) is 14.7 Å². The molecule has 0 spiro atoms. The first-order valence-corrected chi connectivity index (χ1v) is 9.87. The van der Waals surface area contributed by atoms with Crippen LogP contribution in [0.3, 0.4) is 0 Å². The van der Waals surface area contributed by atoms with Gasteiger partial charge < -0.3 is 5.11 Å². The molecule has 1 rings (SSSR count). The lowest BCUT2D eigenvalue weighted by atomic mass is 9.86. The Bertz CT molecular complexity index is 413. The summed E-state index contributed by atoms with van der Waals surface area (Å²) in [5.74, 6) is 0.742. The van der Waals surface area contributed by atoms with Crippen molar-refractivity contribution in [2.75, 3.05) is 0 Å². The molecule has 1 N–H and O–H groups in total. The number of carbonyl (C=O) groups excluding carboxylic acids is 2. The van der Waals surface area contributed by atoms with Gasteiger partial charge in [-0.3, -0.25) is 9.59 Å². The normalized spacial score (nSPS) is 25.5.